The maximum absolute atomic E-state index is 12.9. The fourth-order valence-electron chi connectivity index (χ4n) is 12.1. The second kappa shape index (κ2) is 13.3. The van der Waals surface area contributed by atoms with Crippen LogP contribution in [0.25, 0.3) is 0 Å². The number of nitrogens with one attached hydrogen (secondary N) is 1. The van der Waals surface area contributed by atoms with Gasteiger partial charge in [-0.3, -0.25) is 14.4 Å². The predicted molar refractivity (Wildman–Crippen MR) is 184 cm³/mol. The van der Waals surface area contributed by atoms with Crippen LogP contribution in [0.4, 0.5) is 0 Å². The number of ether oxygens (including phenoxy) is 1. The third-order valence-electron chi connectivity index (χ3n) is 14.3. The van der Waals surface area contributed by atoms with E-state index in [2.05, 4.69) is 49.8 Å². The number of aromatic nitrogens is 2. The summed E-state index contributed by atoms with van der Waals surface area (Å²) in [5.41, 5.74) is -0.818. The molecule has 1 aromatic rings. The van der Waals surface area contributed by atoms with Gasteiger partial charge in [0.05, 0.1) is 18.4 Å². The molecule has 1 heterocycles. The maximum atomic E-state index is 12.9. The largest absolute Gasteiger partial charge is 0.481 e. The average molecular weight is 668 g/mol. The molecule has 9 unspecified atom stereocenters. The molecule has 0 aliphatic heterocycles. The number of nitrogens with zero attached hydrogens (tertiary/aromatic N) is 2. The van der Waals surface area contributed by atoms with Crippen LogP contribution in [-0.4, -0.2) is 51.2 Å². The molecule has 0 bridgehead atoms. The van der Waals surface area contributed by atoms with Crippen molar-refractivity contribution in [1.82, 2.24) is 15.5 Å². The lowest BCUT2D eigenvalue weighted by Crippen LogP contribution is -2.65. The van der Waals surface area contributed by atoms with Gasteiger partial charge in [0.15, 0.2) is 0 Å². The molecule has 1 aromatic heterocycles. The van der Waals surface area contributed by atoms with E-state index in [0.29, 0.717) is 35.5 Å². The van der Waals surface area contributed by atoms with E-state index in [1.807, 2.05) is 6.92 Å². The van der Waals surface area contributed by atoms with Gasteiger partial charge in [-0.25, -0.2) is 0 Å². The van der Waals surface area contributed by atoms with Gasteiger partial charge in [-0.05, 0) is 125 Å². The number of carbonyl (C=O) groups is 3. The second-order valence-electron chi connectivity index (χ2n) is 17.7. The molecule has 9 atom stereocenters. The van der Waals surface area contributed by atoms with Crippen molar-refractivity contribution in [3.63, 3.8) is 0 Å². The molecule has 2 N–H and O–H groups in total. The van der Waals surface area contributed by atoms with Crippen molar-refractivity contribution >= 4 is 17.7 Å². The number of hydrogen-bond donors (Lipinski definition) is 2. The zero-order chi connectivity index (χ0) is 35.3. The summed E-state index contributed by atoms with van der Waals surface area (Å²) < 4.78 is 11.5. The van der Waals surface area contributed by atoms with Crippen LogP contribution in [0.15, 0.2) is 17.1 Å². The van der Waals surface area contributed by atoms with Crippen molar-refractivity contribution in [2.24, 2.45) is 51.2 Å². The Morgan fingerprint density at radius 2 is 1.65 bits per heavy atom. The van der Waals surface area contributed by atoms with E-state index in [0.717, 1.165) is 32.1 Å². The standard InChI is InChI=1S/C36H55N3O6.C3H6/c1-21-38-39-30(44-21)25(40)20-37-36-15-8-9-24(36)22-10-11-27-34(6,23(22)12-18-36)16-13-26-33(4,5)28(14-17-35(26,27)7)45-29(41)19-32(2,3)31(42)43;1-3-2/h22-24,26-28,37H,8-20H2,1-7H3,(H,42,43);3H,1H2,2H3. The quantitative estimate of drug-likeness (QED) is 0.161. The van der Waals surface area contributed by atoms with Gasteiger partial charge in [0.1, 0.15) is 6.10 Å². The van der Waals surface area contributed by atoms with E-state index in [1.165, 1.54) is 38.5 Å². The van der Waals surface area contributed by atoms with Gasteiger partial charge in [-0.2, -0.15) is 0 Å². The second-order valence-corrected chi connectivity index (χ2v) is 17.7. The fourth-order valence-corrected chi connectivity index (χ4v) is 12.1. The Hall–Kier alpha value is -2.55. The molecule has 5 saturated carbocycles. The number of hydrogen-bond acceptors (Lipinski definition) is 8. The molecule has 0 amide bonds. The lowest BCUT2D eigenvalue weighted by atomic mass is 9.36. The van der Waals surface area contributed by atoms with Gasteiger partial charge in [0, 0.05) is 17.9 Å². The van der Waals surface area contributed by atoms with Gasteiger partial charge >= 0.3 is 11.9 Å². The Bertz CT molecular complexity index is 1390. The van der Waals surface area contributed by atoms with E-state index in [9.17, 15) is 19.5 Å². The summed E-state index contributed by atoms with van der Waals surface area (Å²) in [6.45, 7) is 20.1. The molecule has 9 heteroatoms. The van der Waals surface area contributed by atoms with Crippen molar-refractivity contribution in [2.45, 2.75) is 144 Å². The Kier molecular flexibility index (Phi) is 10.2. The van der Waals surface area contributed by atoms with Crippen molar-refractivity contribution < 1.29 is 28.6 Å². The topological polar surface area (TPSA) is 132 Å². The van der Waals surface area contributed by atoms with Crippen LogP contribution < -0.4 is 5.32 Å². The fraction of sp³-hybridized carbons (Fsp3) is 0.821. The molecule has 5 aliphatic carbocycles. The summed E-state index contributed by atoms with van der Waals surface area (Å²) in [4.78, 5) is 37.5. The minimum Gasteiger partial charge on any atom is -0.481 e. The molecular weight excluding hydrogens is 606 g/mol. The summed E-state index contributed by atoms with van der Waals surface area (Å²) in [6, 6.07) is 0. The highest BCUT2D eigenvalue weighted by atomic mass is 16.5. The molecule has 0 aromatic carbocycles. The van der Waals surface area contributed by atoms with Crippen LogP contribution in [0, 0.1) is 58.2 Å². The Morgan fingerprint density at radius 1 is 0.958 bits per heavy atom. The van der Waals surface area contributed by atoms with Gasteiger partial charge < -0.3 is 19.6 Å². The van der Waals surface area contributed by atoms with E-state index in [4.69, 9.17) is 9.15 Å². The van der Waals surface area contributed by atoms with Crippen molar-refractivity contribution in [3.8, 4) is 0 Å². The number of rotatable bonds is 8. The van der Waals surface area contributed by atoms with Crippen molar-refractivity contribution in [3.05, 3.63) is 24.4 Å². The molecular formula is C39H61N3O6. The third-order valence-corrected chi connectivity index (χ3v) is 14.3. The molecule has 0 spiro atoms. The SMILES string of the molecule is C=CC.Cc1nnc(C(=O)CNC23CCCC2C2CCC4C(C)(CCC5C(C)(C)C(OC(=O)CC(C)(C)C(=O)O)CCC54C)C2CC3)o1. The average Bonchev–Trinajstić information content (AvgIpc) is 3.64. The number of aliphatic carboxylic acids is 1. The zero-order valence-electron chi connectivity index (χ0n) is 30.8. The summed E-state index contributed by atoms with van der Waals surface area (Å²) >= 11 is 0. The molecule has 48 heavy (non-hydrogen) atoms. The van der Waals surface area contributed by atoms with Crippen LogP contribution in [0.2, 0.25) is 0 Å². The summed E-state index contributed by atoms with van der Waals surface area (Å²) in [6.07, 6.45) is 14.1. The lowest BCUT2D eigenvalue weighted by molar-refractivity contribution is -0.220. The van der Waals surface area contributed by atoms with Crippen molar-refractivity contribution in [1.29, 1.82) is 0 Å². The van der Waals surface area contributed by atoms with Gasteiger partial charge in [0.25, 0.3) is 5.89 Å². The van der Waals surface area contributed by atoms with Crippen molar-refractivity contribution in [2.75, 3.05) is 6.54 Å². The number of Topliss-reactive ketones (excluding diaryl/α,β-unsaturated/α-hetero) is 1. The smallest absolute Gasteiger partial charge is 0.309 e. The van der Waals surface area contributed by atoms with E-state index >= 15 is 0 Å². The number of ketones is 1. The van der Waals surface area contributed by atoms with E-state index in [-0.39, 0.29) is 52.5 Å². The van der Waals surface area contributed by atoms with Gasteiger partial charge in [-0.1, -0.05) is 40.2 Å². The number of carboxylic acid groups (broad SMARTS) is 1. The van der Waals surface area contributed by atoms with Crippen LogP contribution in [0.3, 0.4) is 0 Å². The number of carboxylic acids is 1. The molecule has 9 nitrogen and oxygen atoms in total. The predicted octanol–water partition coefficient (Wildman–Crippen LogP) is 7.97. The molecule has 268 valence electrons. The van der Waals surface area contributed by atoms with Crippen LogP contribution >= 0.6 is 0 Å². The minimum absolute atomic E-state index is 0.0231. The third kappa shape index (κ3) is 6.30. The first-order valence-electron chi connectivity index (χ1n) is 18.5. The highest BCUT2D eigenvalue weighted by Gasteiger charge is 2.66. The minimum atomic E-state index is -1.13. The summed E-state index contributed by atoms with van der Waals surface area (Å²) in [5, 5.41) is 21.1. The Balaban J connectivity index is 0.00000145. The van der Waals surface area contributed by atoms with Gasteiger partial charge in [-0.15, -0.1) is 16.8 Å². The van der Waals surface area contributed by atoms with Crippen LogP contribution in [0.5, 0.6) is 0 Å². The van der Waals surface area contributed by atoms with E-state index < -0.39 is 17.4 Å². The normalized spacial score (nSPS) is 38.2. The number of carbonyl (C=O) groups excluding carboxylic acids is 2. The highest BCUT2D eigenvalue weighted by Crippen LogP contribution is 2.72. The molecule has 5 fully saturated rings. The first kappa shape index (κ1) is 36.7. The molecule has 0 radical (unpaired) electrons. The number of allylic oxidation sites excluding steroid dienone is 1. The molecule has 6 rings (SSSR count). The van der Waals surface area contributed by atoms with E-state index in [1.54, 1.807) is 26.8 Å². The Labute approximate surface area is 287 Å². The monoisotopic (exact) mass is 667 g/mol. The lowest BCUT2D eigenvalue weighted by Gasteiger charge is -2.69. The Morgan fingerprint density at radius 3 is 2.29 bits per heavy atom. The molecule has 5 aliphatic rings. The first-order chi connectivity index (χ1) is 22.4. The zero-order valence-corrected chi connectivity index (χ0v) is 30.8. The number of fused-ring (bicyclic) bond motifs is 7. The highest BCUT2D eigenvalue weighted by molar-refractivity contribution is 5.93. The van der Waals surface area contributed by atoms with Crippen LogP contribution in [-0.2, 0) is 14.3 Å². The summed E-state index contributed by atoms with van der Waals surface area (Å²) in [5.74, 6) is 2.10. The number of esters is 1. The van der Waals surface area contributed by atoms with Gasteiger partial charge in [0.2, 0.25) is 11.7 Å². The maximum Gasteiger partial charge on any atom is 0.309 e. The van der Waals surface area contributed by atoms with Crippen LogP contribution in [0.1, 0.15) is 142 Å². The molecule has 0 saturated heterocycles. The number of aryl methyl sites for hydroxylation is 1. The first-order valence-corrected chi connectivity index (χ1v) is 18.5. The summed E-state index contributed by atoms with van der Waals surface area (Å²) in [7, 11) is 0.